The number of nitrogens with zero attached hydrogens (tertiary/aromatic N) is 1. The van der Waals surface area contributed by atoms with Gasteiger partial charge in [-0.15, -0.1) is 0 Å². The molecule has 0 radical (unpaired) electrons. The van der Waals surface area contributed by atoms with Gasteiger partial charge in [0, 0.05) is 11.3 Å². The van der Waals surface area contributed by atoms with E-state index in [1.165, 1.54) is 22.0 Å². The van der Waals surface area contributed by atoms with E-state index < -0.39 is 0 Å². The van der Waals surface area contributed by atoms with E-state index in [0.717, 1.165) is 17.7 Å². The molecule has 1 heterocycles. The molecule has 3 nitrogen and oxygen atoms in total. The lowest BCUT2D eigenvalue weighted by Gasteiger charge is -2.09. The number of aryl methyl sites for hydroxylation is 2. The topological polar surface area (TPSA) is 39.2 Å². The van der Waals surface area contributed by atoms with Crippen LogP contribution in [-0.4, -0.2) is 16.9 Å². The second-order valence-electron chi connectivity index (χ2n) is 4.36. The number of esters is 1. The van der Waals surface area contributed by atoms with Crippen LogP contribution in [0.2, 0.25) is 0 Å². The summed E-state index contributed by atoms with van der Waals surface area (Å²) in [6.45, 7) is 6.28. The first-order chi connectivity index (χ1) is 9.13. The molecule has 0 aliphatic heterocycles. The Hall–Kier alpha value is -1.68. The van der Waals surface area contributed by atoms with Gasteiger partial charge in [-0.05, 0) is 49.5 Å². The van der Waals surface area contributed by atoms with Gasteiger partial charge in [0.05, 0.1) is 17.9 Å². The highest BCUT2D eigenvalue weighted by Crippen LogP contribution is 2.23. The lowest BCUT2D eigenvalue weighted by atomic mass is 9.99. The maximum absolute atomic E-state index is 11.9. The van der Waals surface area contributed by atoms with Gasteiger partial charge in [-0.3, -0.25) is 0 Å². The largest absolute Gasteiger partial charge is 0.462 e. The SMILES string of the molecule is CCOC(=O)c1ccccc1Cc1c(C)nsc1C. The molecule has 0 N–H and O–H groups in total. The highest BCUT2D eigenvalue weighted by molar-refractivity contribution is 7.05. The second kappa shape index (κ2) is 5.97. The molecular weight excluding hydrogens is 258 g/mol. The summed E-state index contributed by atoms with van der Waals surface area (Å²) in [5, 5.41) is 0. The van der Waals surface area contributed by atoms with Crippen molar-refractivity contribution in [1.82, 2.24) is 4.37 Å². The molecule has 0 unspecified atom stereocenters. The first-order valence-corrected chi connectivity index (χ1v) is 7.07. The van der Waals surface area contributed by atoms with Crippen LogP contribution >= 0.6 is 11.5 Å². The number of ether oxygens (including phenoxy) is 1. The molecule has 19 heavy (non-hydrogen) atoms. The van der Waals surface area contributed by atoms with Gasteiger partial charge < -0.3 is 4.74 Å². The number of carbonyl (C=O) groups excluding carboxylic acids is 1. The maximum atomic E-state index is 11.9. The van der Waals surface area contributed by atoms with Crippen molar-refractivity contribution in [3.05, 3.63) is 51.5 Å². The average molecular weight is 275 g/mol. The van der Waals surface area contributed by atoms with Crippen molar-refractivity contribution in [2.24, 2.45) is 0 Å². The minimum atomic E-state index is -0.253. The molecule has 2 aromatic rings. The van der Waals surface area contributed by atoms with Gasteiger partial charge in [0.15, 0.2) is 0 Å². The average Bonchev–Trinajstić information content (AvgIpc) is 2.71. The molecule has 0 saturated carbocycles. The van der Waals surface area contributed by atoms with E-state index in [0.29, 0.717) is 12.2 Å². The van der Waals surface area contributed by atoms with E-state index in [1.54, 1.807) is 0 Å². The minimum Gasteiger partial charge on any atom is -0.462 e. The second-order valence-corrected chi connectivity index (χ2v) is 5.33. The van der Waals surface area contributed by atoms with E-state index in [2.05, 4.69) is 11.3 Å². The Morgan fingerprint density at radius 2 is 2.05 bits per heavy atom. The smallest absolute Gasteiger partial charge is 0.338 e. The van der Waals surface area contributed by atoms with Crippen molar-refractivity contribution in [2.75, 3.05) is 6.61 Å². The van der Waals surface area contributed by atoms with E-state index in [4.69, 9.17) is 4.74 Å². The first-order valence-electron chi connectivity index (χ1n) is 6.30. The Morgan fingerprint density at radius 1 is 1.32 bits per heavy atom. The lowest BCUT2D eigenvalue weighted by Crippen LogP contribution is -2.08. The van der Waals surface area contributed by atoms with E-state index in [1.807, 2.05) is 38.1 Å². The molecule has 2 rings (SSSR count). The quantitative estimate of drug-likeness (QED) is 0.801. The van der Waals surface area contributed by atoms with Crippen LogP contribution in [0.5, 0.6) is 0 Å². The number of hydrogen-bond donors (Lipinski definition) is 0. The monoisotopic (exact) mass is 275 g/mol. The summed E-state index contributed by atoms with van der Waals surface area (Å²) in [7, 11) is 0. The molecule has 0 spiro atoms. The number of rotatable bonds is 4. The Balaban J connectivity index is 2.33. The predicted molar refractivity (Wildman–Crippen MR) is 76.8 cm³/mol. The van der Waals surface area contributed by atoms with Crippen molar-refractivity contribution in [3.8, 4) is 0 Å². The van der Waals surface area contributed by atoms with Crippen molar-refractivity contribution in [3.63, 3.8) is 0 Å². The zero-order valence-corrected chi connectivity index (χ0v) is 12.2. The molecule has 100 valence electrons. The van der Waals surface area contributed by atoms with Crippen LogP contribution in [0.25, 0.3) is 0 Å². The lowest BCUT2D eigenvalue weighted by molar-refractivity contribution is 0.0525. The Morgan fingerprint density at radius 3 is 2.68 bits per heavy atom. The number of benzene rings is 1. The van der Waals surface area contributed by atoms with Crippen molar-refractivity contribution >= 4 is 17.5 Å². The molecule has 0 aliphatic carbocycles. The van der Waals surface area contributed by atoms with Gasteiger partial charge in [-0.1, -0.05) is 18.2 Å². The Bertz CT molecular complexity index is 570. The summed E-state index contributed by atoms with van der Waals surface area (Å²) in [4.78, 5) is 13.1. The summed E-state index contributed by atoms with van der Waals surface area (Å²) in [6, 6.07) is 7.60. The molecule has 0 atom stereocenters. The van der Waals surface area contributed by atoms with Gasteiger partial charge in [0.25, 0.3) is 0 Å². The third kappa shape index (κ3) is 3.01. The van der Waals surface area contributed by atoms with E-state index in [9.17, 15) is 4.79 Å². The molecule has 1 aromatic carbocycles. The van der Waals surface area contributed by atoms with Crippen molar-refractivity contribution in [2.45, 2.75) is 27.2 Å². The standard InChI is InChI=1S/C15H17NO2S/c1-4-18-15(17)13-8-6-5-7-12(13)9-14-10(2)16-19-11(14)3/h5-8H,4,9H2,1-3H3. The van der Waals surface area contributed by atoms with Gasteiger partial charge in [0.1, 0.15) is 0 Å². The fourth-order valence-electron chi connectivity index (χ4n) is 2.03. The van der Waals surface area contributed by atoms with Crippen LogP contribution in [0.15, 0.2) is 24.3 Å². The molecular formula is C15H17NO2S. The molecule has 0 aliphatic rings. The third-order valence-corrected chi connectivity index (χ3v) is 3.95. The van der Waals surface area contributed by atoms with Crippen molar-refractivity contribution < 1.29 is 9.53 Å². The third-order valence-electron chi connectivity index (χ3n) is 3.06. The molecule has 0 bridgehead atoms. The fourth-order valence-corrected chi connectivity index (χ4v) is 2.74. The number of aromatic nitrogens is 1. The minimum absolute atomic E-state index is 0.253. The van der Waals surface area contributed by atoms with E-state index in [-0.39, 0.29) is 5.97 Å². The Kier molecular flexibility index (Phi) is 4.32. The van der Waals surface area contributed by atoms with E-state index >= 15 is 0 Å². The summed E-state index contributed by atoms with van der Waals surface area (Å²) in [5.74, 6) is -0.253. The van der Waals surface area contributed by atoms with Gasteiger partial charge in [-0.25, -0.2) is 4.79 Å². The summed E-state index contributed by atoms with van der Waals surface area (Å²) >= 11 is 1.51. The van der Waals surface area contributed by atoms with Gasteiger partial charge in [-0.2, -0.15) is 4.37 Å². The van der Waals surface area contributed by atoms with Crippen LogP contribution in [-0.2, 0) is 11.2 Å². The summed E-state index contributed by atoms with van der Waals surface area (Å²) in [5.41, 5.74) is 3.89. The summed E-state index contributed by atoms with van der Waals surface area (Å²) < 4.78 is 9.44. The Labute approximate surface area is 117 Å². The van der Waals surface area contributed by atoms with Crippen LogP contribution in [0.3, 0.4) is 0 Å². The molecule has 1 aromatic heterocycles. The van der Waals surface area contributed by atoms with Crippen molar-refractivity contribution in [1.29, 1.82) is 0 Å². The maximum Gasteiger partial charge on any atom is 0.338 e. The van der Waals surface area contributed by atoms with Crippen LogP contribution in [0.1, 0.15) is 39.0 Å². The number of carbonyl (C=O) groups is 1. The van der Waals surface area contributed by atoms with Gasteiger partial charge >= 0.3 is 5.97 Å². The normalized spacial score (nSPS) is 10.5. The number of hydrogen-bond acceptors (Lipinski definition) is 4. The highest BCUT2D eigenvalue weighted by Gasteiger charge is 2.15. The molecule has 4 heteroatoms. The molecule has 0 amide bonds. The summed E-state index contributed by atoms with van der Waals surface area (Å²) in [6.07, 6.45) is 0.725. The zero-order chi connectivity index (χ0) is 13.8. The first kappa shape index (κ1) is 13.7. The fraction of sp³-hybridized carbons (Fsp3) is 0.333. The van der Waals surface area contributed by atoms with Crippen LogP contribution < -0.4 is 0 Å². The van der Waals surface area contributed by atoms with Crippen LogP contribution in [0.4, 0.5) is 0 Å². The van der Waals surface area contributed by atoms with Gasteiger partial charge in [0.2, 0.25) is 0 Å². The highest BCUT2D eigenvalue weighted by atomic mass is 32.1. The molecule has 0 saturated heterocycles. The molecule has 0 fully saturated rings. The zero-order valence-electron chi connectivity index (χ0n) is 11.4. The van der Waals surface area contributed by atoms with Crippen LogP contribution in [0, 0.1) is 13.8 Å². The predicted octanol–water partition coefficient (Wildman–Crippen LogP) is 3.53.